The molecule has 1 heteroatoms. The molecule has 0 atom stereocenters. The van der Waals surface area contributed by atoms with Gasteiger partial charge < -0.3 is 0 Å². The van der Waals surface area contributed by atoms with Crippen molar-refractivity contribution in [3.63, 3.8) is 0 Å². The van der Waals surface area contributed by atoms with Gasteiger partial charge in [0.2, 0.25) is 0 Å². The van der Waals surface area contributed by atoms with Crippen molar-refractivity contribution in [3.05, 3.63) is 30.1 Å². The monoisotopic (exact) mass is 191 g/mol. The van der Waals surface area contributed by atoms with Crippen LogP contribution in [0.4, 0.5) is 0 Å². The van der Waals surface area contributed by atoms with Gasteiger partial charge in [-0.1, -0.05) is 45.1 Å². The van der Waals surface area contributed by atoms with Crippen LogP contribution in [-0.2, 0) is 6.42 Å². The largest absolute Gasteiger partial charge is 0.264 e. The average Bonchev–Trinajstić information content (AvgIpc) is 2.25. The topological polar surface area (TPSA) is 12.9 Å². The molecule has 1 rings (SSSR count). The van der Waals surface area contributed by atoms with Gasteiger partial charge in [0.05, 0.1) is 0 Å². The van der Waals surface area contributed by atoms with Gasteiger partial charge in [0.15, 0.2) is 0 Å². The summed E-state index contributed by atoms with van der Waals surface area (Å²) in [5.41, 5.74) is 1.38. The molecule has 0 unspecified atom stereocenters. The Balaban J connectivity index is 1.99. The molecule has 0 saturated heterocycles. The molecule has 0 aliphatic heterocycles. The van der Waals surface area contributed by atoms with E-state index in [-0.39, 0.29) is 0 Å². The third-order valence-electron chi connectivity index (χ3n) is 2.54. The zero-order valence-corrected chi connectivity index (χ0v) is 9.21. The fourth-order valence-corrected chi connectivity index (χ4v) is 1.66. The van der Waals surface area contributed by atoms with E-state index < -0.39 is 0 Å². The second-order valence-corrected chi connectivity index (χ2v) is 3.88. The normalized spacial score (nSPS) is 10.4. The number of unbranched alkanes of at least 4 members (excludes halogenated alkanes) is 5. The summed E-state index contributed by atoms with van der Waals surface area (Å²) in [5.74, 6) is 0. The van der Waals surface area contributed by atoms with Crippen molar-refractivity contribution in [1.82, 2.24) is 4.98 Å². The molecule has 78 valence electrons. The zero-order valence-electron chi connectivity index (χ0n) is 9.21. The van der Waals surface area contributed by atoms with Crippen LogP contribution in [-0.4, -0.2) is 4.98 Å². The molecule has 0 aliphatic carbocycles. The van der Waals surface area contributed by atoms with Gasteiger partial charge in [-0.05, 0) is 24.5 Å². The Morgan fingerprint density at radius 2 is 1.86 bits per heavy atom. The fraction of sp³-hybridized carbons (Fsp3) is 0.615. The van der Waals surface area contributed by atoms with Crippen LogP contribution < -0.4 is 0 Å². The molecule has 0 saturated carbocycles. The van der Waals surface area contributed by atoms with Crippen LogP contribution in [0.25, 0.3) is 0 Å². The van der Waals surface area contributed by atoms with Crippen LogP contribution in [0.5, 0.6) is 0 Å². The molecule has 1 heterocycles. The molecule has 0 spiro atoms. The molecule has 0 amide bonds. The highest BCUT2D eigenvalue weighted by atomic mass is 14.6. The lowest BCUT2D eigenvalue weighted by Gasteiger charge is -2.00. The number of aromatic nitrogens is 1. The predicted octanol–water partition coefficient (Wildman–Crippen LogP) is 3.98. The molecular formula is C13H21N. The van der Waals surface area contributed by atoms with Gasteiger partial charge in [-0.15, -0.1) is 0 Å². The summed E-state index contributed by atoms with van der Waals surface area (Å²) >= 11 is 0. The van der Waals surface area contributed by atoms with Crippen molar-refractivity contribution in [2.24, 2.45) is 0 Å². The average molecular weight is 191 g/mol. The van der Waals surface area contributed by atoms with E-state index >= 15 is 0 Å². The highest BCUT2D eigenvalue weighted by Crippen LogP contribution is 2.08. The molecule has 0 bridgehead atoms. The third kappa shape index (κ3) is 5.00. The summed E-state index contributed by atoms with van der Waals surface area (Å²) < 4.78 is 0. The van der Waals surface area contributed by atoms with Gasteiger partial charge in [0.1, 0.15) is 0 Å². The van der Waals surface area contributed by atoms with Gasteiger partial charge in [-0.3, -0.25) is 4.98 Å². The van der Waals surface area contributed by atoms with E-state index in [0.29, 0.717) is 0 Å². The van der Waals surface area contributed by atoms with Crippen molar-refractivity contribution in [2.75, 3.05) is 0 Å². The highest BCUT2D eigenvalue weighted by molar-refractivity contribution is 5.08. The lowest BCUT2D eigenvalue weighted by Crippen LogP contribution is -1.86. The van der Waals surface area contributed by atoms with Crippen molar-refractivity contribution < 1.29 is 0 Å². The summed E-state index contributed by atoms with van der Waals surface area (Å²) in [6.45, 7) is 2.26. The minimum atomic E-state index is 1.19. The smallest absolute Gasteiger partial charge is 0.0299 e. The molecule has 0 aromatic carbocycles. The standard InChI is InChI=1S/C13H21N/c1-2-3-4-5-6-7-9-13-10-8-11-14-12-13/h8,10-12H,2-7,9H2,1H3. The van der Waals surface area contributed by atoms with Gasteiger partial charge in [-0.2, -0.15) is 0 Å². The minimum Gasteiger partial charge on any atom is -0.264 e. The second-order valence-electron chi connectivity index (χ2n) is 3.88. The van der Waals surface area contributed by atoms with Crippen molar-refractivity contribution in [2.45, 2.75) is 51.9 Å². The maximum Gasteiger partial charge on any atom is 0.0299 e. The molecule has 0 aliphatic rings. The van der Waals surface area contributed by atoms with E-state index in [1.165, 1.54) is 50.5 Å². The summed E-state index contributed by atoms with van der Waals surface area (Å²) in [6.07, 6.45) is 13.2. The quantitative estimate of drug-likeness (QED) is 0.594. The lowest BCUT2D eigenvalue weighted by molar-refractivity contribution is 0.607. The first-order valence-electron chi connectivity index (χ1n) is 5.82. The van der Waals surface area contributed by atoms with Gasteiger partial charge >= 0.3 is 0 Å². The van der Waals surface area contributed by atoms with E-state index in [1.54, 1.807) is 0 Å². The van der Waals surface area contributed by atoms with E-state index in [4.69, 9.17) is 0 Å². The van der Waals surface area contributed by atoms with Crippen LogP contribution in [0, 0.1) is 0 Å². The SMILES string of the molecule is CCCCCCCCc1cccnc1. The highest BCUT2D eigenvalue weighted by Gasteiger charge is 1.92. The Morgan fingerprint density at radius 1 is 1.07 bits per heavy atom. The number of nitrogens with zero attached hydrogens (tertiary/aromatic N) is 1. The van der Waals surface area contributed by atoms with E-state index in [2.05, 4.69) is 18.0 Å². The van der Waals surface area contributed by atoms with Crippen LogP contribution in [0.1, 0.15) is 51.0 Å². The maximum absolute atomic E-state index is 4.11. The summed E-state index contributed by atoms with van der Waals surface area (Å²) in [6, 6.07) is 4.19. The number of pyridine rings is 1. The third-order valence-corrected chi connectivity index (χ3v) is 2.54. The Labute approximate surface area is 87.6 Å². The van der Waals surface area contributed by atoms with Gasteiger partial charge in [0, 0.05) is 12.4 Å². The van der Waals surface area contributed by atoms with Crippen molar-refractivity contribution in [1.29, 1.82) is 0 Å². The summed E-state index contributed by atoms with van der Waals surface area (Å²) in [7, 11) is 0. The van der Waals surface area contributed by atoms with E-state index in [9.17, 15) is 0 Å². The lowest BCUT2D eigenvalue weighted by atomic mass is 10.1. The van der Waals surface area contributed by atoms with Crippen molar-refractivity contribution in [3.8, 4) is 0 Å². The summed E-state index contributed by atoms with van der Waals surface area (Å²) in [5, 5.41) is 0. The van der Waals surface area contributed by atoms with Gasteiger partial charge in [0.25, 0.3) is 0 Å². The van der Waals surface area contributed by atoms with Crippen molar-refractivity contribution >= 4 is 0 Å². The number of hydrogen-bond donors (Lipinski definition) is 0. The Kier molecular flexibility index (Phi) is 6.05. The first-order valence-corrected chi connectivity index (χ1v) is 5.82. The predicted molar refractivity (Wildman–Crippen MR) is 61.3 cm³/mol. The Hall–Kier alpha value is -0.850. The molecule has 0 radical (unpaired) electrons. The maximum atomic E-state index is 4.11. The molecule has 1 aromatic heterocycles. The van der Waals surface area contributed by atoms with Gasteiger partial charge in [-0.25, -0.2) is 0 Å². The summed E-state index contributed by atoms with van der Waals surface area (Å²) in [4.78, 5) is 4.11. The number of aryl methyl sites for hydroxylation is 1. The molecule has 0 N–H and O–H groups in total. The molecule has 14 heavy (non-hydrogen) atoms. The first-order chi connectivity index (χ1) is 6.93. The van der Waals surface area contributed by atoms with E-state index in [0.717, 1.165) is 0 Å². The fourth-order valence-electron chi connectivity index (χ4n) is 1.66. The Morgan fingerprint density at radius 3 is 2.57 bits per heavy atom. The van der Waals surface area contributed by atoms with Crippen LogP contribution in [0.2, 0.25) is 0 Å². The van der Waals surface area contributed by atoms with E-state index in [1.807, 2.05) is 18.5 Å². The van der Waals surface area contributed by atoms with Crippen LogP contribution in [0.3, 0.4) is 0 Å². The number of rotatable bonds is 7. The Bertz CT molecular complexity index is 218. The molecular weight excluding hydrogens is 170 g/mol. The minimum absolute atomic E-state index is 1.19. The molecule has 0 fully saturated rings. The van der Waals surface area contributed by atoms with Crippen LogP contribution >= 0.6 is 0 Å². The second kappa shape index (κ2) is 7.54. The first kappa shape index (κ1) is 11.2. The molecule has 1 aromatic rings. The number of hydrogen-bond acceptors (Lipinski definition) is 1. The molecule has 1 nitrogen and oxygen atoms in total. The zero-order chi connectivity index (χ0) is 10.1. The van der Waals surface area contributed by atoms with Crippen LogP contribution in [0.15, 0.2) is 24.5 Å².